The van der Waals surface area contributed by atoms with E-state index >= 15 is 0 Å². The van der Waals surface area contributed by atoms with Gasteiger partial charge in [0.15, 0.2) is 11.0 Å². The molecule has 0 aliphatic rings. The number of hydrogen-bond acceptors (Lipinski definition) is 6. The Bertz CT molecular complexity index is 784. The lowest BCUT2D eigenvalue weighted by Crippen LogP contribution is -1.99. The lowest BCUT2D eigenvalue weighted by Gasteiger charge is -2.06. The third-order valence-corrected chi connectivity index (χ3v) is 4.47. The van der Waals surface area contributed by atoms with E-state index in [9.17, 15) is 0 Å². The van der Waals surface area contributed by atoms with Gasteiger partial charge >= 0.3 is 0 Å². The van der Waals surface area contributed by atoms with E-state index in [2.05, 4.69) is 31.9 Å². The lowest BCUT2D eigenvalue weighted by atomic mass is 10.2. The van der Waals surface area contributed by atoms with Crippen molar-refractivity contribution < 1.29 is 4.42 Å². The first kappa shape index (κ1) is 16.0. The SMILES string of the molecule is CCc1nnc(CSc2nnc(-c3ccc(Cl)cc3)n2CC)o1. The average Bonchev–Trinajstić information content (AvgIpc) is 3.19. The van der Waals surface area contributed by atoms with Crippen molar-refractivity contribution in [3.8, 4) is 11.4 Å². The van der Waals surface area contributed by atoms with Gasteiger partial charge in [-0.15, -0.1) is 20.4 Å². The van der Waals surface area contributed by atoms with E-state index in [1.807, 2.05) is 31.2 Å². The molecule has 0 fully saturated rings. The molecule has 23 heavy (non-hydrogen) atoms. The first-order valence-electron chi connectivity index (χ1n) is 7.34. The summed E-state index contributed by atoms with van der Waals surface area (Å²) in [5, 5.41) is 18.1. The molecule has 8 heteroatoms. The Hall–Kier alpha value is -1.86. The monoisotopic (exact) mass is 349 g/mol. The molecule has 1 aromatic carbocycles. The van der Waals surface area contributed by atoms with Crippen molar-refractivity contribution in [3.05, 3.63) is 41.1 Å². The van der Waals surface area contributed by atoms with Crippen molar-refractivity contribution in [1.29, 1.82) is 0 Å². The molecule has 0 aliphatic heterocycles. The fourth-order valence-corrected chi connectivity index (χ4v) is 3.07. The summed E-state index contributed by atoms with van der Waals surface area (Å²) in [6.07, 6.45) is 0.740. The fourth-order valence-electron chi connectivity index (χ4n) is 2.11. The number of hydrogen-bond donors (Lipinski definition) is 0. The van der Waals surface area contributed by atoms with Crippen molar-refractivity contribution in [3.63, 3.8) is 0 Å². The van der Waals surface area contributed by atoms with Gasteiger partial charge in [0.05, 0.1) is 5.75 Å². The van der Waals surface area contributed by atoms with Crippen LogP contribution < -0.4 is 0 Å². The fraction of sp³-hybridized carbons (Fsp3) is 0.333. The van der Waals surface area contributed by atoms with Gasteiger partial charge in [0.25, 0.3) is 0 Å². The minimum Gasteiger partial charge on any atom is -0.424 e. The highest BCUT2D eigenvalue weighted by Gasteiger charge is 2.14. The van der Waals surface area contributed by atoms with E-state index in [0.717, 1.165) is 29.5 Å². The van der Waals surface area contributed by atoms with E-state index in [4.69, 9.17) is 16.0 Å². The summed E-state index contributed by atoms with van der Waals surface area (Å²) >= 11 is 7.47. The molecule has 0 N–H and O–H groups in total. The standard InChI is InChI=1S/C15H16ClN5OS/c1-3-12-17-18-13(22-12)9-23-15-20-19-14(21(15)4-2)10-5-7-11(16)8-6-10/h5-8H,3-4,9H2,1-2H3. The van der Waals surface area contributed by atoms with Crippen LogP contribution in [-0.2, 0) is 18.7 Å². The average molecular weight is 350 g/mol. The molecule has 0 bridgehead atoms. The molecule has 0 aliphatic carbocycles. The Morgan fingerprint density at radius 2 is 1.78 bits per heavy atom. The lowest BCUT2D eigenvalue weighted by molar-refractivity contribution is 0.469. The Labute approximate surface area is 143 Å². The summed E-state index contributed by atoms with van der Waals surface area (Å²) in [7, 11) is 0. The molecule has 6 nitrogen and oxygen atoms in total. The quantitative estimate of drug-likeness (QED) is 0.629. The van der Waals surface area contributed by atoms with Gasteiger partial charge in [-0.1, -0.05) is 30.3 Å². The van der Waals surface area contributed by atoms with Gasteiger partial charge in [-0.3, -0.25) is 0 Å². The summed E-state index contributed by atoms with van der Waals surface area (Å²) in [5.41, 5.74) is 0.988. The van der Waals surface area contributed by atoms with Crippen LogP contribution in [0.3, 0.4) is 0 Å². The van der Waals surface area contributed by atoms with Gasteiger partial charge in [0, 0.05) is 23.6 Å². The maximum Gasteiger partial charge on any atom is 0.226 e. The van der Waals surface area contributed by atoms with Gasteiger partial charge in [-0.05, 0) is 31.2 Å². The van der Waals surface area contributed by atoms with Gasteiger partial charge in [0.1, 0.15) is 0 Å². The van der Waals surface area contributed by atoms with Crippen LogP contribution in [0.15, 0.2) is 33.8 Å². The third-order valence-electron chi connectivity index (χ3n) is 3.27. The first-order chi connectivity index (χ1) is 11.2. The van der Waals surface area contributed by atoms with E-state index in [1.165, 1.54) is 11.8 Å². The topological polar surface area (TPSA) is 69.6 Å². The number of aromatic nitrogens is 5. The summed E-state index contributed by atoms with van der Waals surface area (Å²) in [4.78, 5) is 0. The normalized spacial score (nSPS) is 11.1. The zero-order valence-corrected chi connectivity index (χ0v) is 14.4. The summed E-state index contributed by atoms with van der Waals surface area (Å²) in [6, 6.07) is 7.59. The second kappa shape index (κ2) is 7.14. The van der Waals surface area contributed by atoms with E-state index in [1.54, 1.807) is 0 Å². The van der Waals surface area contributed by atoms with Crippen molar-refractivity contribution in [2.45, 2.75) is 37.7 Å². The molecule has 0 spiro atoms. The number of halogens is 1. The third kappa shape index (κ3) is 3.56. The van der Waals surface area contributed by atoms with Crippen LogP contribution in [0.4, 0.5) is 0 Å². The number of benzene rings is 1. The Morgan fingerprint density at radius 1 is 1.04 bits per heavy atom. The molecular weight excluding hydrogens is 334 g/mol. The molecule has 0 saturated heterocycles. The Kier molecular flexibility index (Phi) is 4.97. The maximum absolute atomic E-state index is 5.94. The highest BCUT2D eigenvalue weighted by Crippen LogP contribution is 2.26. The van der Waals surface area contributed by atoms with Crippen LogP contribution in [0.25, 0.3) is 11.4 Å². The van der Waals surface area contributed by atoms with Gasteiger partial charge in [-0.2, -0.15) is 0 Å². The number of rotatable bonds is 6. The predicted octanol–water partition coefficient (Wildman–Crippen LogP) is 3.86. The number of thioether (sulfide) groups is 1. The highest BCUT2D eigenvalue weighted by molar-refractivity contribution is 7.98. The molecule has 3 rings (SSSR count). The molecule has 0 amide bonds. The van der Waals surface area contributed by atoms with E-state index < -0.39 is 0 Å². The van der Waals surface area contributed by atoms with Crippen molar-refractivity contribution in [1.82, 2.24) is 25.0 Å². The summed E-state index contributed by atoms with van der Waals surface area (Å²) < 4.78 is 7.58. The molecule has 3 aromatic rings. The van der Waals surface area contributed by atoms with Gasteiger partial charge in [0.2, 0.25) is 11.8 Å². The van der Waals surface area contributed by atoms with Gasteiger partial charge in [-0.25, -0.2) is 0 Å². The molecule has 2 heterocycles. The minimum absolute atomic E-state index is 0.575. The number of aryl methyl sites for hydroxylation is 1. The summed E-state index contributed by atoms with van der Waals surface area (Å²) in [5.74, 6) is 2.66. The molecule has 0 saturated carbocycles. The maximum atomic E-state index is 5.94. The highest BCUT2D eigenvalue weighted by atomic mass is 35.5. The van der Waals surface area contributed by atoms with Gasteiger partial charge < -0.3 is 8.98 Å². The molecule has 2 aromatic heterocycles. The zero-order valence-electron chi connectivity index (χ0n) is 12.9. The van der Waals surface area contributed by atoms with Crippen LogP contribution in [0.5, 0.6) is 0 Å². The molecule has 0 radical (unpaired) electrons. The predicted molar refractivity (Wildman–Crippen MR) is 89.4 cm³/mol. The Balaban J connectivity index is 1.79. The first-order valence-corrected chi connectivity index (χ1v) is 8.70. The van der Waals surface area contributed by atoms with Crippen LogP contribution in [-0.4, -0.2) is 25.0 Å². The molecular formula is C15H16ClN5OS. The van der Waals surface area contributed by atoms with Crippen LogP contribution >= 0.6 is 23.4 Å². The Morgan fingerprint density at radius 3 is 2.43 bits per heavy atom. The second-order valence-corrected chi connectivity index (χ2v) is 6.17. The molecule has 120 valence electrons. The zero-order chi connectivity index (χ0) is 16.2. The van der Waals surface area contributed by atoms with E-state index in [-0.39, 0.29) is 0 Å². The minimum atomic E-state index is 0.575. The van der Waals surface area contributed by atoms with Crippen LogP contribution in [0.1, 0.15) is 25.6 Å². The largest absolute Gasteiger partial charge is 0.424 e. The summed E-state index contributed by atoms with van der Waals surface area (Å²) in [6.45, 7) is 4.82. The molecule has 0 unspecified atom stereocenters. The van der Waals surface area contributed by atoms with Crippen molar-refractivity contribution >= 4 is 23.4 Å². The smallest absolute Gasteiger partial charge is 0.226 e. The van der Waals surface area contributed by atoms with Crippen molar-refractivity contribution in [2.24, 2.45) is 0 Å². The van der Waals surface area contributed by atoms with E-state index in [0.29, 0.717) is 22.6 Å². The van der Waals surface area contributed by atoms with Crippen LogP contribution in [0.2, 0.25) is 5.02 Å². The van der Waals surface area contributed by atoms with Crippen LogP contribution in [0, 0.1) is 0 Å². The van der Waals surface area contributed by atoms with Crippen molar-refractivity contribution in [2.75, 3.05) is 0 Å². The molecule has 0 atom stereocenters. The second-order valence-electron chi connectivity index (χ2n) is 4.79. The number of nitrogens with zero attached hydrogens (tertiary/aromatic N) is 5.